The molecule has 134 valence electrons. The lowest BCUT2D eigenvalue weighted by Gasteiger charge is -2.28. The molecule has 0 saturated carbocycles. The van der Waals surface area contributed by atoms with Gasteiger partial charge in [-0.2, -0.15) is 0 Å². The monoisotopic (exact) mass is 341 g/mol. The van der Waals surface area contributed by atoms with Crippen LogP contribution in [0.5, 0.6) is 5.75 Å². The van der Waals surface area contributed by atoms with E-state index in [0.717, 1.165) is 16.9 Å². The number of carbonyl (C=O) groups excluding carboxylic acids is 1. The van der Waals surface area contributed by atoms with E-state index >= 15 is 0 Å². The van der Waals surface area contributed by atoms with Crippen LogP contribution in [-0.2, 0) is 6.54 Å². The highest BCUT2D eigenvalue weighted by Crippen LogP contribution is 2.19. The SMILES string of the molecule is CCN(C(=O)NCc1ccc(OC(C)C)cc1)[C@@H](C)c1cccnc1. The number of benzene rings is 1. The minimum Gasteiger partial charge on any atom is -0.491 e. The van der Waals surface area contributed by atoms with E-state index < -0.39 is 0 Å². The van der Waals surface area contributed by atoms with Crippen LogP contribution in [-0.4, -0.2) is 28.6 Å². The van der Waals surface area contributed by atoms with Gasteiger partial charge in [0.05, 0.1) is 12.1 Å². The van der Waals surface area contributed by atoms with Crippen LogP contribution < -0.4 is 10.1 Å². The molecule has 5 nitrogen and oxygen atoms in total. The van der Waals surface area contributed by atoms with Gasteiger partial charge in [-0.05, 0) is 57.0 Å². The minimum atomic E-state index is -0.0821. The normalized spacial score (nSPS) is 11.9. The summed E-state index contributed by atoms with van der Waals surface area (Å²) in [5.74, 6) is 0.838. The maximum atomic E-state index is 12.5. The molecule has 2 aromatic rings. The first-order valence-electron chi connectivity index (χ1n) is 8.71. The van der Waals surface area contributed by atoms with Crippen LogP contribution >= 0.6 is 0 Å². The van der Waals surface area contributed by atoms with Gasteiger partial charge < -0.3 is 15.0 Å². The van der Waals surface area contributed by atoms with Gasteiger partial charge in [-0.15, -0.1) is 0 Å². The second kappa shape index (κ2) is 9.06. The summed E-state index contributed by atoms with van der Waals surface area (Å²) in [7, 11) is 0. The minimum absolute atomic E-state index is 0.0273. The molecule has 1 atom stereocenters. The zero-order valence-corrected chi connectivity index (χ0v) is 15.4. The van der Waals surface area contributed by atoms with E-state index in [4.69, 9.17) is 4.74 Å². The van der Waals surface area contributed by atoms with E-state index in [-0.39, 0.29) is 18.2 Å². The zero-order valence-electron chi connectivity index (χ0n) is 15.4. The van der Waals surface area contributed by atoms with E-state index in [1.54, 1.807) is 17.3 Å². The fourth-order valence-electron chi connectivity index (χ4n) is 2.63. The molecule has 0 bridgehead atoms. The van der Waals surface area contributed by atoms with Crippen LogP contribution in [0.15, 0.2) is 48.8 Å². The van der Waals surface area contributed by atoms with Crippen LogP contribution in [0.4, 0.5) is 4.79 Å². The molecule has 1 N–H and O–H groups in total. The van der Waals surface area contributed by atoms with Crippen molar-refractivity contribution in [3.63, 3.8) is 0 Å². The number of hydrogen-bond acceptors (Lipinski definition) is 3. The van der Waals surface area contributed by atoms with E-state index in [0.29, 0.717) is 13.1 Å². The molecule has 0 unspecified atom stereocenters. The maximum Gasteiger partial charge on any atom is 0.318 e. The number of urea groups is 1. The summed E-state index contributed by atoms with van der Waals surface area (Å²) < 4.78 is 5.63. The Hall–Kier alpha value is -2.56. The highest BCUT2D eigenvalue weighted by atomic mass is 16.5. The summed E-state index contributed by atoms with van der Waals surface area (Å²) in [5, 5.41) is 2.99. The largest absolute Gasteiger partial charge is 0.491 e. The smallest absolute Gasteiger partial charge is 0.318 e. The van der Waals surface area contributed by atoms with Crippen LogP contribution in [0.3, 0.4) is 0 Å². The van der Waals surface area contributed by atoms with Crippen molar-refractivity contribution in [2.45, 2.75) is 46.4 Å². The van der Waals surface area contributed by atoms with Crippen LogP contribution in [0.1, 0.15) is 44.9 Å². The Balaban J connectivity index is 1.93. The van der Waals surface area contributed by atoms with Gasteiger partial charge in [-0.3, -0.25) is 4.98 Å². The summed E-state index contributed by atoms with van der Waals surface area (Å²) >= 11 is 0. The quantitative estimate of drug-likeness (QED) is 0.822. The fourth-order valence-corrected chi connectivity index (χ4v) is 2.63. The third-order valence-corrected chi connectivity index (χ3v) is 3.97. The molecule has 1 heterocycles. The molecule has 25 heavy (non-hydrogen) atoms. The Morgan fingerprint density at radius 1 is 1.20 bits per heavy atom. The summed E-state index contributed by atoms with van der Waals surface area (Å²) in [6.45, 7) is 9.09. The highest BCUT2D eigenvalue weighted by Gasteiger charge is 2.19. The lowest BCUT2D eigenvalue weighted by atomic mass is 10.1. The standard InChI is InChI=1S/C20H27N3O2/c1-5-23(16(4)18-7-6-12-21-14-18)20(24)22-13-17-8-10-19(11-9-17)25-15(2)3/h6-12,14-16H,5,13H2,1-4H3,(H,22,24)/t16-/m0/s1. The van der Waals surface area contributed by atoms with Crippen molar-refractivity contribution in [2.24, 2.45) is 0 Å². The Labute approximate surface area is 150 Å². The second-order valence-corrected chi connectivity index (χ2v) is 6.22. The fraction of sp³-hybridized carbons (Fsp3) is 0.400. The van der Waals surface area contributed by atoms with Gasteiger partial charge in [-0.25, -0.2) is 4.79 Å². The summed E-state index contributed by atoms with van der Waals surface area (Å²) in [6.07, 6.45) is 3.69. The molecule has 2 rings (SSSR count). The Bertz CT molecular complexity index is 656. The summed E-state index contributed by atoms with van der Waals surface area (Å²) in [6, 6.07) is 11.6. The Kier molecular flexibility index (Phi) is 6.81. The zero-order chi connectivity index (χ0) is 18.2. The molecule has 0 aliphatic rings. The first kappa shape index (κ1) is 18.8. The number of pyridine rings is 1. The van der Waals surface area contributed by atoms with Gasteiger partial charge >= 0.3 is 6.03 Å². The Morgan fingerprint density at radius 2 is 1.92 bits per heavy atom. The second-order valence-electron chi connectivity index (χ2n) is 6.22. The van der Waals surface area contributed by atoms with Crippen LogP contribution in [0, 0.1) is 0 Å². The van der Waals surface area contributed by atoms with Crippen molar-refractivity contribution < 1.29 is 9.53 Å². The molecule has 0 fully saturated rings. The Morgan fingerprint density at radius 3 is 2.48 bits per heavy atom. The van der Waals surface area contributed by atoms with Gasteiger partial charge in [0.2, 0.25) is 0 Å². The van der Waals surface area contributed by atoms with Crippen molar-refractivity contribution in [2.75, 3.05) is 6.54 Å². The number of carbonyl (C=O) groups is 1. The van der Waals surface area contributed by atoms with Gasteiger partial charge in [0.1, 0.15) is 5.75 Å². The molecule has 0 aliphatic heterocycles. The van der Waals surface area contributed by atoms with Crippen molar-refractivity contribution in [3.05, 3.63) is 59.9 Å². The third kappa shape index (κ3) is 5.48. The van der Waals surface area contributed by atoms with Gasteiger partial charge in [0.25, 0.3) is 0 Å². The third-order valence-electron chi connectivity index (χ3n) is 3.97. The number of nitrogens with zero attached hydrogens (tertiary/aromatic N) is 2. The van der Waals surface area contributed by atoms with E-state index in [1.165, 1.54) is 0 Å². The maximum absolute atomic E-state index is 12.5. The van der Waals surface area contributed by atoms with Crippen molar-refractivity contribution in [3.8, 4) is 5.75 Å². The lowest BCUT2D eigenvalue weighted by molar-refractivity contribution is 0.182. The van der Waals surface area contributed by atoms with Gasteiger partial charge in [0, 0.05) is 25.5 Å². The highest BCUT2D eigenvalue weighted by molar-refractivity contribution is 5.74. The molecule has 1 aromatic heterocycles. The number of ether oxygens (including phenoxy) is 1. The molecule has 0 radical (unpaired) electrons. The average Bonchev–Trinajstić information content (AvgIpc) is 2.62. The predicted molar refractivity (Wildman–Crippen MR) is 99.5 cm³/mol. The van der Waals surface area contributed by atoms with E-state index in [9.17, 15) is 4.79 Å². The molecule has 0 aliphatic carbocycles. The number of rotatable bonds is 7. The molecular weight excluding hydrogens is 314 g/mol. The van der Waals surface area contributed by atoms with Gasteiger partial charge in [0.15, 0.2) is 0 Å². The van der Waals surface area contributed by atoms with Crippen LogP contribution in [0.25, 0.3) is 0 Å². The first-order chi connectivity index (χ1) is 12.0. The van der Waals surface area contributed by atoms with E-state index in [2.05, 4.69) is 10.3 Å². The summed E-state index contributed by atoms with van der Waals surface area (Å²) in [4.78, 5) is 18.5. The predicted octanol–water partition coefficient (Wildman–Crippen LogP) is 4.16. The average molecular weight is 341 g/mol. The number of nitrogens with one attached hydrogen (secondary N) is 1. The summed E-state index contributed by atoms with van der Waals surface area (Å²) in [5.41, 5.74) is 2.06. The van der Waals surface area contributed by atoms with Gasteiger partial charge in [-0.1, -0.05) is 18.2 Å². The molecule has 1 aromatic carbocycles. The lowest BCUT2D eigenvalue weighted by Crippen LogP contribution is -2.41. The number of hydrogen-bond donors (Lipinski definition) is 1. The topological polar surface area (TPSA) is 54.5 Å². The molecule has 5 heteroatoms. The van der Waals surface area contributed by atoms with Crippen molar-refractivity contribution in [1.82, 2.24) is 15.2 Å². The molecular formula is C20H27N3O2. The molecule has 2 amide bonds. The molecule has 0 saturated heterocycles. The van der Waals surface area contributed by atoms with E-state index in [1.807, 2.05) is 64.1 Å². The van der Waals surface area contributed by atoms with Crippen LogP contribution in [0.2, 0.25) is 0 Å². The number of amides is 2. The first-order valence-corrected chi connectivity index (χ1v) is 8.71. The van der Waals surface area contributed by atoms with Crippen molar-refractivity contribution in [1.29, 1.82) is 0 Å². The number of aromatic nitrogens is 1. The van der Waals surface area contributed by atoms with Crippen molar-refractivity contribution >= 4 is 6.03 Å². The molecule has 0 spiro atoms.